The van der Waals surface area contributed by atoms with Crippen molar-refractivity contribution in [1.29, 1.82) is 0 Å². The number of carboxylic acid groups (broad SMARTS) is 1. The van der Waals surface area contributed by atoms with Crippen LogP contribution in [0.4, 0.5) is 4.39 Å². The third-order valence-electron chi connectivity index (χ3n) is 6.38. The van der Waals surface area contributed by atoms with E-state index in [4.69, 9.17) is 20.6 Å². The highest BCUT2D eigenvalue weighted by Gasteiger charge is 2.18. The minimum atomic E-state index is -0.376. The summed E-state index contributed by atoms with van der Waals surface area (Å²) in [6.07, 6.45) is 1.66. The van der Waals surface area contributed by atoms with Crippen LogP contribution in [-0.4, -0.2) is 34.0 Å². The molecule has 0 radical (unpaired) electrons. The molecule has 0 bridgehead atoms. The largest absolute Gasteiger partial charge is 0.483 e. The molecular formula is C33H39FN4O3. The molecule has 41 heavy (non-hydrogen) atoms. The van der Waals surface area contributed by atoms with E-state index in [1.54, 1.807) is 17.7 Å². The van der Waals surface area contributed by atoms with Crippen LogP contribution in [0.3, 0.4) is 0 Å². The fourth-order valence-corrected chi connectivity index (χ4v) is 4.46. The highest BCUT2D eigenvalue weighted by molar-refractivity contribution is 6.03. The molecule has 0 atom stereocenters. The van der Waals surface area contributed by atoms with Gasteiger partial charge >= 0.3 is 0 Å². The van der Waals surface area contributed by atoms with Gasteiger partial charge in [-0.15, -0.1) is 0 Å². The summed E-state index contributed by atoms with van der Waals surface area (Å²) in [7, 11) is 1.63. The maximum Gasteiger partial charge on any atom is 0.290 e. The predicted molar refractivity (Wildman–Crippen MR) is 165 cm³/mol. The van der Waals surface area contributed by atoms with Gasteiger partial charge < -0.3 is 10.8 Å². The Balaban J connectivity index is 0.00000110. The number of halogens is 1. The molecule has 216 valence electrons. The number of nitrogens with two attached hydrogens (primary N) is 1. The summed E-state index contributed by atoms with van der Waals surface area (Å²) in [4.78, 5) is 30.9. The topological polar surface area (TPSA) is 111 Å². The van der Waals surface area contributed by atoms with E-state index < -0.39 is 0 Å². The molecule has 0 spiro atoms. The Bertz CT molecular complexity index is 1540. The number of aromatic nitrogens is 2. The van der Waals surface area contributed by atoms with Crippen LogP contribution in [0.2, 0.25) is 0 Å². The molecule has 0 unspecified atom stereocenters. The summed E-state index contributed by atoms with van der Waals surface area (Å²) < 4.78 is 17.1. The number of carbonyl (C=O) groups is 1. The van der Waals surface area contributed by atoms with Gasteiger partial charge in [0.15, 0.2) is 0 Å². The Morgan fingerprint density at radius 3 is 2.29 bits per heavy atom. The average molecular weight is 559 g/mol. The normalized spacial score (nSPS) is 10.7. The number of hydrogen-bond donors (Lipinski definition) is 2. The van der Waals surface area contributed by atoms with E-state index in [1.807, 2.05) is 89.2 Å². The summed E-state index contributed by atoms with van der Waals surface area (Å²) in [6, 6.07) is 20.4. The molecule has 3 N–H and O–H groups in total. The molecule has 1 heterocycles. The van der Waals surface area contributed by atoms with Crippen LogP contribution in [0.15, 0.2) is 76.5 Å². The lowest BCUT2D eigenvalue weighted by Gasteiger charge is -2.16. The van der Waals surface area contributed by atoms with Crippen molar-refractivity contribution in [3.63, 3.8) is 0 Å². The first-order chi connectivity index (χ1) is 19.7. The number of aliphatic imine (C=N–C) groups is 1. The minimum absolute atomic E-state index is 0.157. The Hall–Kier alpha value is -4.59. The molecule has 0 saturated carbocycles. The quantitative estimate of drug-likeness (QED) is 0.158. The monoisotopic (exact) mass is 558 g/mol. The number of aryl methyl sites for hydroxylation is 3. The number of nitrogens with zero attached hydrogens (tertiary/aromatic N) is 3. The molecule has 0 amide bonds. The van der Waals surface area contributed by atoms with E-state index in [0.29, 0.717) is 34.8 Å². The lowest BCUT2D eigenvalue weighted by atomic mass is 9.95. The van der Waals surface area contributed by atoms with E-state index >= 15 is 4.39 Å². The van der Waals surface area contributed by atoms with Crippen molar-refractivity contribution >= 4 is 12.3 Å². The summed E-state index contributed by atoms with van der Waals surface area (Å²) in [5.41, 5.74) is 11.7. The van der Waals surface area contributed by atoms with Crippen molar-refractivity contribution in [2.45, 2.75) is 53.9 Å². The van der Waals surface area contributed by atoms with Gasteiger partial charge in [0.05, 0.1) is 11.4 Å². The Kier molecular flexibility index (Phi) is 12.6. The van der Waals surface area contributed by atoms with Crippen LogP contribution in [0.1, 0.15) is 61.0 Å². The molecule has 0 aliphatic rings. The zero-order valence-corrected chi connectivity index (χ0v) is 24.6. The minimum Gasteiger partial charge on any atom is -0.483 e. The van der Waals surface area contributed by atoms with Crippen molar-refractivity contribution in [2.75, 3.05) is 7.05 Å². The zero-order chi connectivity index (χ0) is 30.5. The fraction of sp³-hybridized carbons (Fsp3) is 0.273. The predicted octanol–water partition coefficient (Wildman–Crippen LogP) is 6.26. The van der Waals surface area contributed by atoms with Gasteiger partial charge in [-0.05, 0) is 55.2 Å². The van der Waals surface area contributed by atoms with Crippen LogP contribution in [0.25, 0.3) is 16.8 Å². The van der Waals surface area contributed by atoms with Crippen LogP contribution in [0.5, 0.6) is 0 Å². The van der Waals surface area contributed by atoms with Gasteiger partial charge in [0, 0.05) is 24.6 Å². The average Bonchev–Trinajstić information content (AvgIpc) is 2.98. The second-order valence-electron chi connectivity index (χ2n) is 9.05. The Morgan fingerprint density at radius 1 is 1.07 bits per heavy atom. The number of amidine groups is 1. The van der Waals surface area contributed by atoms with Gasteiger partial charge in [-0.2, -0.15) is 0 Å². The van der Waals surface area contributed by atoms with Crippen molar-refractivity contribution in [1.82, 2.24) is 9.55 Å². The maximum absolute atomic E-state index is 15.4. The molecule has 0 saturated heterocycles. The van der Waals surface area contributed by atoms with E-state index in [1.165, 1.54) is 6.07 Å². The van der Waals surface area contributed by atoms with Gasteiger partial charge in [0.1, 0.15) is 17.5 Å². The molecule has 0 aliphatic carbocycles. The van der Waals surface area contributed by atoms with Gasteiger partial charge in [-0.3, -0.25) is 19.1 Å². The van der Waals surface area contributed by atoms with E-state index in [0.717, 1.165) is 34.5 Å². The van der Waals surface area contributed by atoms with Crippen molar-refractivity contribution in [3.8, 4) is 16.8 Å². The summed E-state index contributed by atoms with van der Waals surface area (Å²) >= 11 is 0. The van der Waals surface area contributed by atoms with Crippen molar-refractivity contribution in [3.05, 3.63) is 117 Å². The van der Waals surface area contributed by atoms with Crippen LogP contribution in [0, 0.1) is 19.7 Å². The standard InChI is InChI=1S/C30H31FN4O.C2H6.CH2O2/c1-5-8-28-26(30(36)35(20(3)34-28)23-15-11-19(2)12-16-23)17-22-14-13-21(18-27(22)31)24-9-6-7-10-25(24)29(32)33-4;1-2;2-1-3/h6-7,9-16,18H,5,8,17H2,1-4H3,(H2,32,33);1-2H3;1H,(H,2,3). The summed E-state index contributed by atoms with van der Waals surface area (Å²) in [5, 5.41) is 6.89. The van der Waals surface area contributed by atoms with Gasteiger partial charge in [-0.1, -0.05) is 81.3 Å². The first-order valence-electron chi connectivity index (χ1n) is 13.6. The second-order valence-corrected chi connectivity index (χ2v) is 9.05. The van der Waals surface area contributed by atoms with Crippen LogP contribution in [-0.2, 0) is 17.6 Å². The molecule has 0 fully saturated rings. The molecule has 8 heteroatoms. The summed E-state index contributed by atoms with van der Waals surface area (Å²) in [5.74, 6) is 0.638. The molecule has 4 aromatic rings. The van der Waals surface area contributed by atoms with Crippen molar-refractivity contribution in [2.24, 2.45) is 10.7 Å². The highest BCUT2D eigenvalue weighted by Crippen LogP contribution is 2.27. The molecule has 1 aromatic heterocycles. The molecule has 4 rings (SSSR count). The van der Waals surface area contributed by atoms with Gasteiger partial charge in [-0.25, -0.2) is 9.37 Å². The number of rotatable bonds is 7. The number of hydrogen-bond acceptors (Lipinski definition) is 4. The zero-order valence-electron chi connectivity index (χ0n) is 24.6. The Labute approximate surface area is 241 Å². The second kappa shape index (κ2) is 15.9. The SMILES string of the molecule is CC.CCCc1nc(C)n(-c2ccc(C)cc2)c(=O)c1Cc1ccc(-c2ccccc2C(N)=NC)cc1F.O=CO. The lowest BCUT2D eigenvalue weighted by Crippen LogP contribution is -2.28. The highest BCUT2D eigenvalue weighted by atomic mass is 19.1. The van der Waals surface area contributed by atoms with E-state index in [2.05, 4.69) is 4.99 Å². The van der Waals surface area contributed by atoms with Crippen LogP contribution >= 0.6 is 0 Å². The summed E-state index contributed by atoms with van der Waals surface area (Å²) in [6.45, 7) is 9.63. The van der Waals surface area contributed by atoms with Gasteiger partial charge in [0.2, 0.25) is 0 Å². The third-order valence-corrected chi connectivity index (χ3v) is 6.38. The first-order valence-corrected chi connectivity index (χ1v) is 13.6. The molecular weight excluding hydrogens is 519 g/mol. The smallest absolute Gasteiger partial charge is 0.290 e. The molecule has 3 aromatic carbocycles. The van der Waals surface area contributed by atoms with Crippen molar-refractivity contribution < 1.29 is 14.3 Å². The third kappa shape index (κ3) is 7.97. The maximum atomic E-state index is 15.4. The molecule has 0 aliphatic heterocycles. The van der Waals surface area contributed by atoms with Gasteiger partial charge in [0.25, 0.3) is 12.0 Å². The van der Waals surface area contributed by atoms with E-state index in [-0.39, 0.29) is 24.3 Å². The van der Waals surface area contributed by atoms with E-state index in [9.17, 15) is 4.79 Å². The fourth-order valence-electron chi connectivity index (χ4n) is 4.46. The number of benzene rings is 3. The lowest BCUT2D eigenvalue weighted by molar-refractivity contribution is -0.122. The first kappa shape index (κ1) is 32.6. The molecule has 7 nitrogen and oxygen atoms in total. The van der Waals surface area contributed by atoms with Crippen LogP contribution < -0.4 is 11.3 Å². The Morgan fingerprint density at radius 2 is 1.71 bits per heavy atom.